The Morgan fingerprint density at radius 1 is 1.14 bits per heavy atom. The molecule has 3 aromatic rings. The van der Waals surface area contributed by atoms with Crippen molar-refractivity contribution in [3.8, 4) is 0 Å². The second kappa shape index (κ2) is 12.5. The zero-order valence-corrected chi connectivity index (χ0v) is 22.2. The van der Waals surface area contributed by atoms with Crippen LogP contribution >= 0.6 is 11.6 Å². The lowest BCUT2D eigenvalue weighted by atomic mass is 9.75. The summed E-state index contributed by atoms with van der Waals surface area (Å²) < 4.78 is 0. The van der Waals surface area contributed by atoms with Crippen molar-refractivity contribution in [3.05, 3.63) is 75.9 Å². The number of nitrogens with two attached hydrogens (primary N) is 1. The number of hydrogen-bond acceptors (Lipinski definition) is 4. The normalized spacial score (nSPS) is 17.3. The van der Waals surface area contributed by atoms with E-state index in [1.54, 1.807) is 29.3 Å². The minimum absolute atomic E-state index is 0.251. The highest BCUT2D eigenvalue weighted by molar-refractivity contribution is 6.30. The van der Waals surface area contributed by atoms with Crippen molar-refractivity contribution in [3.63, 3.8) is 0 Å². The van der Waals surface area contributed by atoms with Crippen molar-refractivity contribution in [2.75, 3.05) is 13.6 Å². The maximum absolute atomic E-state index is 11.9. The predicted molar refractivity (Wildman–Crippen MR) is 150 cm³/mol. The summed E-state index contributed by atoms with van der Waals surface area (Å²) in [6.45, 7) is 3.01. The van der Waals surface area contributed by atoms with Gasteiger partial charge in [-0.3, -0.25) is 14.8 Å². The third-order valence-electron chi connectivity index (χ3n) is 7.40. The predicted octanol–water partition coefficient (Wildman–Crippen LogP) is 6.90. The van der Waals surface area contributed by atoms with Gasteiger partial charge in [-0.1, -0.05) is 61.2 Å². The number of aliphatic imine (C=N–C) groups is 1. The fourth-order valence-electron chi connectivity index (χ4n) is 5.29. The molecule has 2 N–H and O–H groups in total. The minimum atomic E-state index is -0.251. The Kier molecular flexibility index (Phi) is 9.11. The monoisotopic (exact) mass is 504 g/mol. The molecule has 1 heterocycles. The largest absolute Gasteiger partial charge is 0.297 e. The molecule has 2 aromatic carbocycles. The fourth-order valence-corrected chi connectivity index (χ4v) is 5.43. The van der Waals surface area contributed by atoms with Crippen LogP contribution in [0.15, 0.2) is 53.5 Å². The summed E-state index contributed by atoms with van der Waals surface area (Å²) in [5.41, 5.74) is 5.37. The number of pyridine rings is 1. The Balaban J connectivity index is 0.000000170. The zero-order chi connectivity index (χ0) is 25.5. The van der Waals surface area contributed by atoms with Gasteiger partial charge < -0.3 is 0 Å². The molecule has 1 amide bonds. The number of aryl methyl sites for hydroxylation is 1. The number of aromatic nitrogens is 1. The first kappa shape index (κ1) is 26.3. The number of hydrazine groups is 1. The van der Waals surface area contributed by atoms with Crippen LogP contribution in [0.4, 0.5) is 0 Å². The number of benzene rings is 2. The molecule has 0 saturated heterocycles. The summed E-state index contributed by atoms with van der Waals surface area (Å²) in [5.74, 6) is 6.90. The van der Waals surface area contributed by atoms with E-state index >= 15 is 0 Å². The van der Waals surface area contributed by atoms with Gasteiger partial charge in [-0.15, -0.1) is 0 Å². The minimum Gasteiger partial charge on any atom is -0.297 e. The molecule has 0 aliphatic heterocycles. The molecule has 36 heavy (non-hydrogen) atoms. The van der Waals surface area contributed by atoms with Crippen molar-refractivity contribution in [2.45, 2.75) is 64.2 Å². The summed E-state index contributed by atoms with van der Waals surface area (Å²) >= 11 is 5.85. The van der Waals surface area contributed by atoms with Crippen molar-refractivity contribution in [1.82, 2.24) is 9.99 Å². The number of amides is 1. The van der Waals surface area contributed by atoms with Gasteiger partial charge in [-0.2, -0.15) is 0 Å². The maximum atomic E-state index is 11.9. The van der Waals surface area contributed by atoms with E-state index in [1.807, 2.05) is 13.0 Å². The molecule has 1 fully saturated rings. The van der Waals surface area contributed by atoms with Crippen LogP contribution in [-0.4, -0.2) is 35.7 Å². The lowest BCUT2D eigenvalue weighted by Gasteiger charge is -2.29. The first-order chi connectivity index (χ1) is 17.4. The molecule has 5 rings (SSSR count). The molecule has 2 aliphatic rings. The van der Waals surface area contributed by atoms with E-state index in [-0.39, 0.29) is 5.91 Å². The first-order valence-corrected chi connectivity index (χ1v) is 13.5. The van der Waals surface area contributed by atoms with Crippen LogP contribution in [0.3, 0.4) is 0 Å². The molecule has 1 unspecified atom stereocenters. The summed E-state index contributed by atoms with van der Waals surface area (Å²) in [5, 5.41) is 2.22. The molecule has 190 valence electrons. The van der Waals surface area contributed by atoms with E-state index in [2.05, 4.69) is 40.5 Å². The standard InChI is InChI=1S/C18H25N.C12H12ClN3O/c1-2-7-15(8-3-1)14-19-12-6-10-17-13-16-9-4-5-11-18(16)17;1-7-3-4-9(12(17)16(2)14)8-5-6-10(13)15-11(7)8/h4-5,9,11-12,15,17H,1-3,6-8,10,13-14H2;3-6H,14H2,1-2H3. The van der Waals surface area contributed by atoms with Gasteiger partial charge in [0.05, 0.1) is 11.1 Å². The number of carbonyl (C=O) groups excluding carboxylic acids is 1. The molecule has 0 spiro atoms. The Labute approximate surface area is 219 Å². The molecule has 1 aromatic heterocycles. The molecule has 5 nitrogen and oxygen atoms in total. The second-order valence-electron chi connectivity index (χ2n) is 10.1. The highest BCUT2D eigenvalue weighted by Crippen LogP contribution is 2.37. The van der Waals surface area contributed by atoms with E-state index in [9.17, 15) is 4.79 Å². The summed E-state index contributed by atoms with van der Waals surface area (Å²) in [4.78, 5) is 20.8. The Morgan fingerprint density at radius 3 is 2.67 bits per heavy atom. The van der Waals surface area contributed by atoms with Crippen LogP contribution in [0.5, 0.6) is 0 Å². The van der Waals surface area contributed by atoms with Crippen molar-refractivity contribution < 1.29 is 4.79 Å². The molecular weight excluding hydrogens is 468 g/mol. The van der Waals surface area contributed by atoms with Crippen LogP contribution in [0.2, 0.25) is 5.15 Å². The Hall–Kier alpha value is -2.76. The van der Waals surface area contributed by atoms with E-state index < -0.39 is 0 Å². The summed E-state index contributed by atoms with van der Waals surface area (Å²) in [7, 11) is 1.51. The average molecular weight is 505 g/mol. The van der Waals surface area contributed by atoms with Gasteiger partial charge in [0.15, 0.2) is 0 Å². The molecule has 0 bridgehead atoms. The van der Waals surface area contributed by atoms with E-state index in [0.717, 1.165) is 46.3 Å². The highest BCUT2D eigenvalue weighted by Gasteiger charge is 2.24. The van der Waals surface area contributed by atoms with Crippen LogP contribution in [0.1, 0.15) is 77.9 Å². The molecular formula is C30H37ClN4O. The lowest BCUT2D eigenvalue weighted by molar-refractivity contribution is 0.0797. The van der Waals surface area contributed by atoms with Gasteiger partial charge in [0, 0.05) is 19.0 Å². The smallest absolute Gasteiger partial charge is 0.268 e. The van der Waals surface area contributed by atoms with E-state index in [4.69, 9.17) is 17.4 Å². The number of hydrogen-bond donors (Lipinski definition) is 1. The van der Waals surface area contributed by atoms with Crippen LogP contribution in [0.25, 0.3) is 10.9 Å². The molecule has 1 atom stereocenters. The second-order valence-corrected chi connectivity index (χ2v) is 10.5. The zero-order valence-electron chi connectivity index (χ0n) is 21.4. The third-order valence-corrected chi connectivity index (χ3v) is 7.61. The molecule has 2 aliphatic carbocycles. The average Bonchev–Trinajstić information content (AvgIpc) is 2.87. The lowest BCUT2D eigenvalue weighted by Crippen LogP contribution is -2.33. The highest BCUT2D eigenvalue weighted by atomic mass is 35.5. The fraction of sp³-hybridized carbons (Fsp3) is 0.433. The van der Waals surface area contributed by atoms with Crippen molar-refractivity contribution >= 4 is 34.6 Å². The molecule has 6 heteroatoms. The Morgan fingerprint density at radius 2 is 1.92 bits per heavy atom. The van der Waals surface area contributed by atoms with Crippen LogP contribution < -0.4 is 5.84 Å². The SMILES string of the molecule is C(CCC1Cc2ccccc21)=NCC1CCCCC1.Cc1ccc(C(=O)N(C)N)c2ccc(Cl)nc12. The quantitative estimate of drug-likeness (QED) is 0.130. The van der Waals surface area contributed by atoms with Gasteiger partial charge in [-0.25, -0.2) is 10.8 Å². The third kappa shape index (κ3) is 6.51. The van der Waals surface area contributed by atoms with Crippen molar-refractivity contribution in [2.24, 2.45) is 16.8 Å². The number of nitrogens with zero attached hydrogens (tertiary/aromatic N) is 3. The first-order valence-electron chi connectivity index (χ1n) is 13.1. The molecule has 0 radical (unpaired) electrons. The van der Waals surface area contributed by atoms with Gasteiger partial charge in [0.25, 0.3) is 5.91 Å². The van der Waals surface area contributed by atoms with Gasteiger partial charge >= 0.3 is 0 Å². The number of fused-ring (bicyclic) bond motifs is 2. The molecule has 1 saturated carbocycles. The number of carbonyl (C=O) groups is 1. The number of rotatable bonds is 6. The maximum Gasteiger partial charge on any atom is 0.268 e. The summed E-state index contributed by atoms with van der Waals surface area (Å²) in [6.07, 6.45) is 13.0. The summed E-state index contributed by atoms with van der Waals surface area (Å²) in [6, 6.07) is 15.9. The van der Waals surface area contributed by atoms with Crippen LogP contribution in [-0.2, 0) is 6.42 Å². The van der Waals surface area contributed by atoms with Crippen molar-refractivity contribution in [1.29, 1.82) is 0 Å². The van der Waals surface area contributed by atoms with E-state index in [1.165, 1.54) is 52.0 Å². The van der Waals surface area contributed by atoms with Gasteiger partial charge in [0.2, 0.25) is 0 Å². The number of halogens is 1. The van der Waals surface area contributed by atoms with Gasteiger partial charge in [0.1, 0.15) is 5.15 Å². The van der Waals surface area contributed by atoms with Gasteiger partial charge in [-0.05, 0) is 92.0 Å². The topological polar surface area (TPSA) is 71.6 Å². The Bertz CT molecular complexity index is 1220. The van der Waals surface area contributed by atoms with E-state index in [0.29, 0.717) is 10.7 Å². The van der Waals surface area contributed by atoms with Crippen LogP contribution in [0, 0.1) is 12.8 Å².